The van der Waals surface area contributed by atoms with Crippen molar-refractivity contribution in [2.24, 2.45) is 0 Å². The fraction of sp³-hybridized carbons (Fsp3) is 0.235. The van der Waals surface area contributed by atoms with Crippen LogP contribution in [-0.4, -0.2) is 24.6 Å². The zero-order valence-corrected chi connectivity index (χ0v) is 13.5. The zero-order valence-electron chi connectivity index (χ0n) is 12.0. The molecule has 0 bridgehead atoms. The normalized spacial score (nSPS) is 10.2. The third-order valence-corrected chi connectivity index (χ3v) is 3.76. The summed E-state index contributed by atoms with van der Waals surface area (Å²) >= 11 is 3.42. The van der Waals surface area contributed by atoms with E-state index in [2.05, 4.69) is 28.1 Å². The predicted octanol–water partition coefficient (Wildman–Crippen LogP) is 4.26. The van der Waals surface area contributed by atoms with Crippen LogP contribution < -0.4 is 0 Å². The SMILES string of the molecule is COC(=O)N(CCc1ccc(Br)cc1)Cc1ccccc1. The summed E-state index contributed by atoms with van der Waals surface area (Å²) < 4.78 is 5.93. The van der Waals surface area contributed by atoms with Crippen molar-refractivity contribution in [3.63, 3.8) is 0 Å². The maximum absolute atomic E-state index is 11.9. The minimum atomic E-state index is -0.295. The fourth-order valence-corrected chi connectivity index (χ4v) is 2.35. The van der Waals surface area contributed by atoms with E-state index < -0.39 is 0 Å². The van der Waals surface area contributed by atoms with E-state index >= 15 is 0 Å². The highest BCUT2D eigenvalue weighted by Gasteiger charge is 2.14. The second kappa shape index (κ2) is 7.84. The number of halogens is 1. The van der Waals surface area contributed by atoms with Gasteiger partial charge >= 0.3 is 6.09 Å². The summed E-state index contributed by atoms with van der Waals surface area (Å²) in [5.41, 5.74) is 2.29. The van der Waals surface area contributed by atoms with Gasteiger partial charge in [0, 0.05) is 17.6 Å². The third kappa shape index (κ3) is 4.90. The number of rotatable bonds is 5. The summed E-state index contributed by atoms with van der Waals surface area (Å²) in [5.74, 6) is 0. The van der Waals surface area contributed by atoms with Gasteiger partial charge in [0.05, 0.1) is 7.11 Å². The number of nitrogens with zero attached hydrogens (tertiary/aromatic N) is 1. The standard InChI is InChI=1S/C17H18BrNO2/c1-21-17(20)19(13-15-5-3-2-4-6-15)12-11-14-7-9-16(18)10-8-14/h2-10H,11-13H2,1H3. The lowest BCUT2D eigenvalue weighted by molar-refractivity contribution is 0.121. The molecule has 0 saturated carbocycles. The van der Waals surface area contributed by atoms with Crippen molar-refractivity contribution >= 4 is 22.0 Å². The Labute approximate surface area is 133 Å². The van der Waals surface area contributed by atoms with E-state index in [9.17, 15) is 4.79 Å². The largest absolute Gasteiger partial charge is 0.453 e. The van der Waals surface area contributed by atoms with Gasteiger partial charge in [-0.25, -0.2) is 4.79 Å². The molecule has 2 aromatic rings. The molecule has 110 valence electrons. The molecule has 4 heteroatoms. The fourth-order valence-electron chi connectivity index (χ4n) is 2.08. The highest BCUT2D eigenvalue weighted by molar-refractivity contribution is 9.10. The summed E-state index contributed by atoms with van der Waals surface area (Å²) in [5, 5.41) is 0. The van der Waals surface area contributed by atoms with Crippen LogP contribution in [0.25, 0.3) is 0 Å². The molecule has 0 aromatic heterocycles. The first kappa shape index (κ1) is 15.6. The van der Waals surface area contributed by atoms with Crippen molar-refractivity contribution in [1.29, 1.82) is 0 Å². The van der Waals surface area contributed by atoms with Gasteiger partial charge < -0.3 is 9.64 Å². The average molecular weight is 348 g/mol. The van der Waals surface area contributed by atoms with E-state index in [1.807, 2.05) is 42.5 Å². The van der Waals surface area contributed by atoms with Gasteiger partial charge in [0.25, 0.3) is 0 Å². The Hall–Kier alpha value is -1.81. The van der Waals surface area contributed by atoms with E-state index in [1.165, 1.54) is 12.7 Å². The Kier molecular flexibility index (Phi) is 5.81. The van der Waals surface area contributed by atoms with E-state index in [4.69, 9.17) is 4.74 Å². The van der Waals surface area contributed by atoms with Gasteiger partial charge in [0.2, 0.25) is 0 Å². The van der Waals surface area contributed by atoms with E-state index in [0.29, 0.717) is 13.1 Å². The maximum Gasteiger partial charge on any atom is 0.409 e. The van der Waals surface area contributed by atoms with Crippen LogP contribution in [0.1, 0.15) is 11.1 Å². The van der Waals surface area contributed by atoms with Crippen LogP contribution >= 0.6 is 15.9 Å². The monoisotopic (exact) mass is 347 g/mol. The third-order valence-electron chi connectivity index (χ3n) is 3.23. The first-order valence-corrected chi connectivity index (χ1v) is 7.59. The molecular weight excluding hydrogens is 330 g/mol. The van der Waals surface area contributed by atoms with E-state index in [0.717, 1.165) is 16.5 Å². The molecule has 0 aliphatic carbocycles. The Balaban J connectivity index is 1.99. The van der Waals surface area contributed by atoms with Gasteiger partial charge in [-0.2, -0.15) is 0 Å². The number of carbonyl (C=O) groups excluding carboxylic acids is 1. The van der Waals surface area contributed by atoms with Crippen LogP contribution in [0.15, 0.2) is 59.1 Å². The molecule has 0 unspecified atom stereocenters. The van der Waals surface area contributed by atoms with Gasteiger partial charge in [-0.05, 0) is 29.7 Å². The van der Waals surface area contributed by atoms with Crippen molar-refractivity contribution in [3.8, 4) is 0 Å². The number of hydrogen-bond donors (Lipinski definition) is 0. The number of methoxy groups -OCH3 is 1. The number of amides is 1. The summed E-state index contributed by atoms with van der Waals surface area (Å²) in [7, 11) is 1.42. The topological polar surface area (TPSA) is 29.5 Å². The van der Waals surface area contributed by atoms with Crippen molar-refractivity contribution in [2.75, 3.05) is 13.7 Å². The zero-order chi connectivity index (χ0) is 15.1. The second-order valence-electron chi connectivity index (χ2n) is 4.75. The molecule has 0 atom stereocenters. The van der Waals surface area contributed by atoms with Crippen LogP contribution in [0, 0.1) is 0 Å². The van der Waals surface area contributed by atoms with Gasteiger partial charge in [-0.15, -0.1) is 0 Å². The molecule has 2 rings (SSSR count). The van der Waals surface area contributed by atoms with Crippen LogP contribution in [-0.2, 0) is 17.7 Å². The van der Waals surface area contributed by atoms with E-state index in [1.54, 1.807) is 4.90 Å². The summed E-state index contributed by atoms with van der Waals surface area (Å²) in [6, 6.07) is 18.1. The molecule has 0 saturated heterocycles. The molecule has 0 fully saturated rings. The van der Waals surface area contributed by atoms with Crippen molar-refractivity contribution in [2.45, 2.75) is 13.0 Å². The number of hydrogen-bond acceptors (Lipinski definition) is 2. The quantitative estimate of drug-likeness (QED) is 0.808. The minimum Gasteiger partial charge on any atom is -0.453 e. The molecule has 1 amide bonds. The van der Waals surface area contributed by atoms with Crippen LogP contribution in [0.4, 0.5) is 4.79 Å². The lowest BCUT2D eigenvalue weighted by Gasteiger charge is -2.21. The first-order chi connectivity index (χ1) is 10.2. The van der Waals surface area contributed by atoms with Crippen molar-refractivity contribution in [3.05, 3.63) is 70.2 Å². The lowest BCUT2D eigenvalue weighted by Crippen LogP contribution is -2.32. The maximum atomic E-state index is 11.9. The smallest absolute Gasteiger partial charge is 0.409 e. The van der Waals surface area contributed by atoms with E-state index in [-0.39, 0.29) is 6.09 Å². The van der Waals surface area contributed by atoms with Gasteiger partial charge in [-0.3, -0.25) is 0 Å². The molecule has 0 spiro atoms. The summed E-state index contributed by atoms with van der Waals surface area (Å²) in [6.07, 6.45) is 0.505. The van der Waals surface area contributed by atoms with Crippen LogP contribution in [0.3, 0.4) is 0 Å². The Morgan fingerprint density at radius 2 is 1.71 bits per heavy atom. The molecule has 0 aliphatic rings. The molecular formula is C17H18BrNO2. The van der Waals surface area contributed by atoms with Crippen LogP contribution in [0.5, 0.6) is 0 Å². The number of carbonyl (C=O) groups is 1. The average Bonchev–Trinajstić information content (AvgIpc) is 2.53. The molecule has 0 aliphatic heterocycles. The van der Waals surface area contributed by atoms with Gasteiger partial charge in [0.1, 0.15) is 0 Å². The molecule has 21 heavy (non-hydrogen) atoms. The first-order valence-electron chi connectivity index (χ1n) is 6.80. The number of ether oxygens (including phenoxy) is 1. The molecule has 0 N–H and O–H groups in total. The summed E-state index contributed by atoms with van der Waals surface area (Å²) in [6.45, 7) is 1.19. The molecule has 2 aromatic carbocycles. The second-order valence-corrected chi connectivity index (χ2v) is 5.67. The predicted molar refractivity (Wildman–Crippen MR) is 87.1 cm³/mol. The Bertz CT molecular complexity index is 569. The Morgan fingerprint density at radius 3 is 2.33 bits per heavy atom. The Morgan fingerprint density at radius 1 is 1.05 bits per heavy atom. The van der Waals surface area contributed by atoms with Crippen molar-refractivity contribution < 1.29 is 9.53 Å². The van der Waals surface area contributed by atoms with Gasteiger partial charge in [0.15, 0.2) is 0 Å². The van der Waals surface area contributed by atoms with Gasteiger partial charge in [-0.1, -0.05) is 58.4 Å². The number of benzene rings is 2. The molecule has 3 nitrogen and oxygen atoms in total. The van der Waals surface area contributed by atoms with Crippen molar-refractivity contribution in [1.82, 2.24) is 4.90 Å². The molecule has 0 radical (unpaired) electrons. The minimum absolute atomic E-state index is 0.295. The van der Waals surface area contributed by atoms with Crippen LogP contribution in [0.2, 0.25) is 0 Å². The molecule has 0 heterocycles. The summed E-state index contributed by atoms with van der Waals surface area (Å²) in [4.78, 5) is 13.6. The highest BCUT2D eigenvalue weighted by atomic mass is 79.9. The highest BCUT2D eigenvalue weighted by Crippen LogP contribution is 2.12. The lowest BCUT2D eigenvalue weighted by atomic mass is 10.1.